The highest BCUT2D eigenvalue weighted by Gasteiger charge is 2.17. The zero-order valence-electron chi connectivity index (χ0n) is 14.0. The fourth-order valence-electron chi connectivity index (χ4n) is 2.63. The highest BCUT2D eigenvalue weighted by molar-refractivity contribution is 6.04. The van der Waals surface area contributed by atoms with E-state index in [0.717, 1.165) is 0 Å². The van der Waals surface area contributed by atoms with Crippen LogP contribution in [0.5, 0.6) is 0 Å². The largest absolute Gasteiger partial charge is 0.346 e. The van der Waals surface area contributed by atoms with E-state index in [1.807, 2.05) is 13.8 Å². The van der Waals surface area contributed by atoms with E-state index < -0.39 is 5.91 Å². The molecule has 2 aromatic carbocycles. The number of benzene rings is 2. The van der Waals surface area contributed by atoms with E-state index in [1.165, 1.54) is 10.7 Å². The average molecular weight is 339 g/mol. The second-order valence-corrected chi connectivity index (χ2v) is 6.01. The molecule has 0 fully saturated rings. The summed E-state index contributed by atoms with van der Waals surface area (Å²) in [6.45, 7) is 3.69. The quantitative estimate of drug-likeness (QED) is 0.794. The number of nitrogens with zero attached hydrogens (tertiary/aromatic N) is 2. The summed E-state index contributed by atoms with van der Waals surface area (Å²) < 4.78 is 15.0. The molecule has 128 valence electrons. The van der Waals surface area contributed by atoms with Gasteiger partial charge in [-0.05, 0) is 26.0 Å². The molecule has 0 aliphatic rings. The zero-order chi connectivity index (χ0) is 18.0. The molecule has 1 aromatic heterocycles. The Morgan fingerprint density at radius 2 is 1.76 bits per heavy atom. The summed E-state index contributed by atoms with van der Waals surface area (Å²) >= 11 is 0. The molecule has 1 N–H and O–H groups in total. The normalized spacial score (nSPS) is 11.0. The first-order valence-corrected chi connectivity index (χ1v) is 8.02. The highest BCUT2D eigenvalue weighted by Crippen LogP contribution is 2.15. The second-order valence-electron chi connectivity index (χ2n) is 6.01. The van der Waals surface area contributed by atoms with E-state index in [1.54, 1.807) is 42.5 Å². The van der Waals surface area contributed by atoms with Crippen LogP contribution in [-0.2, 0) is 6.54 Å². The lowest BCUT2D eigenvalue weighted by Crippen LogP contribution is -2.31. The Hall–Kier alpha value is -3.02. The molecular formula is C19H18FN3O2. The van der Waals surface area contributed by atoms with Gasteiger partial charge in [0.05, 0.1) is 11.4 Å². The summed E-state index contributed by atoms with van der Waals surface area (Å²) in [5.41, 5.74) is 0.300. The Bertz CT molecular complexity index is 995. The maximum Gasteiger partial charge on any atom is 0.274 e. The van der Waals surface area contributed by atoms with Crippen LogP contribution in [0.2, 0.25) is 0 Å². The van der Waals surface area contributed by atoms with Crippen LogP contribution in [0.1, 0.15) is 35.9 Å². The van der Waals surface area contributed by atoms with Gasteiger partial charge in [0.2, 0.25) is 0 Å². The lowest BCUT2D eigenvalue weighted by Gasteiger charge is -2.13. The van der Waals surface area contributed by atoms with E-state index in [9.17, 15) is 14.0 Å². The van der Waals surface area contributed by atoms with Crippen molar-refractivity contribution in [1.82, 2.24) is 15.1 Å². The molecule has 1 amide bonds. The molecule has 1 heterocycles. The summed E-state index contributed by atoms with van der Waals surface area (Å²) in [6.07, 6.45) is 0. The minimum Gasteiger partial charge on any atom is -0.346 e. The first-order chi connectivity index (χ1) is 12.0. The van der Waals surface area contributed by atoms with Crippen molar-refractivity contribution in [2.75, 3.05) is 0 Å². The lowest BCUT2D eigenvalue weighted by atomic mass is 10.1. The van der Waals surface area contributed by atoms with Gasteiger partial charge >= 0.3 is 0 Å². The number of rotatable bonds is 4. The maximum absolute atomic E-state index is 13.7. The van der Waals surface area contributed by atoms with Crippen LogP contribution in [0.15, 0.2) is 53.3 Å². The zero-order valence-corrected chi connectivity index (χ0v) is 14.0. The second kappa shape index (κ2) is 6.84. The average Bonchev–Trinajstić information content (AvgIpc) is 2.61. The minimum atomic E-state index is -0.450. The minimum absolute atomic E-state index is 0.0440. The number of hydrogen-bond donors (Lipinski definition) is 1. The van der Waals surface area contributed by atoms with E-state index in [0.29, 0.717) is 16.3 Å². The number of amides is 1. The van der Waals surface area contributed by atoms with E-state index >= 15 is 0 Å². The molecule has 0 bridgehead atoms. The molecule has 0 unspecified atom stereocenters. The first-order valence-electron chi connectivity index (χ1n) is 8.02. The molecule has 6 heteroatoms. The summed E-state index contributed by atoms with van der Waals surface area (Å²) in [7, 11) is 0. The lowest BCUT2D eigenvalue weighted by molar-refractivity contribution is 0.0945. The molecule has 3 rings (SSSR count). The van der Waals surface area contributed by atoms with Crippen LogP contribution in [0.25, 0.3) is 10.8 Å². The molecule has 0 aliphatic carbocycles. The third-order valence-corrected chi connectivity index (χ3v) is 3.93. The molecule has 5 nitrogen and oxygen atoms in total. The van der Waals surface area contributed by atoms with Gasteiger partial charge in [-0.3, -0.25) is 9.59 Å². The fraction of sp³-hybridized carbons (Fsp3) is 0.211. The number of halogens is 1. The van der Waals surface area contributed by atoms with Crippen molar-refractivity contribution >= 4 is 16.7 Å². The Morgan fingerprint density at radius 1 is 1.12 bits per heavy atom. The van der Waals surface area contributed by atoms with Crippen LogP contribution < -0.4 is 10.9 Å². The van der Waals surface area contributed by atoms with Crippen molar-refractivity contribution in [2.24, 2.45) is 0 Å². The molecule has 0 atom stereocenters. The predicted molar refractivity (Wildman–Crippen MR) is 94.0 cm³/mol. The van der Waals surface area contributed by atoms with Crippen LogP contribution >= 0.6 is 0 Å². The molecule has 25 heavy (non-hydrogen) atoms. The summed E-state index contributed by atoms with van der Waals surface area (Å²) in [5.74, 6) is -0.832. The monoisotopic (exact) mass is 339 g/mol. The Labute approximate surface area is 144 Å². The van der Waals surface area contributed by atoms with Gasteiger partial charge in [0.1, 0.15) is 5.82 Å². The van der Waals surface area contributed by atoms with Crippen molar-refractivity contribution in [3.05, 3.63) is 76.0 Å². The molecule has 0 saturated heterocycles. The number of aromatic nitrogens is 2. The van der Waals surface area contributed by atoms with Gasteiger partial charge in [-0.1, -0.05) is 36.4 Å². The van der Waals surface area contributed by atoms with E-state index in [4.69, 9.17) is 0 Å². The van der Waals surface area contributed by atoms with Crippen molar-refractivity contribution in [3.63, 3.8) is 0 Å². The number of carbonyl (C=O) groups excluding carboxylic acids is 1. The third kappa shape index (κ3) is 3.28. The van der Waals surface area contributed by atoms with Crippen LogP contribution in [0, 0.1) is 5.82 Å². The van der Waals surface area contributed by atoms with Crippen LogP contribution in [-0.4, -0.2) is 15.7 Å². The van der Waals surface area contributed by atoms with Gasteiger partial charge in [0, 0.05) is 17.5 Å². The molecule has 3 aromatic rings. The Balaban J connectivity index is 2.00. The van der Waals surface area contributed by atoms with E-state index in [-0.39, 0.29) is 29.7 Å². The summed E-state index contributed by atoms with van der Waals surface area (Å²) in [6, 6.07) is 12.9. The molecular weight excluding hydrogens is 321 g/mol. The van der Waals surface area contributed by atoms with Gasteiger partial charge in [0.25, 0.3) is 11.5 Å². The highest BCUT2D eigenvalue weighted by atomic mass is 19.1. The Morgan fingerprint density at radius 3 is 2.44 bits per heavy atom. The van der Waals surface area contributed by atoms with Crippen LogP contribution in [0.3, 0.4) is 0 Å². The number of carbonyl (C=O) groups is 1. The van der Waals surface area contributed by atoms with Crippen molar-refractivity contribution < 1.29 is 9.18 Å². The molecule has 0 aliphatic heterocycles. The molecule has 0 saturated carbocycles. The number of nitrogens with one attached hydrogen (secondary N) is 1. The first kappa shape index (κ1) is 16.8. The number of fused-ring (bicyclic) bond motifs is 1. The predicted octanol–water partition coefficient (Wildman–Crippen LogP) is 3.05. The third-order valence-electron chi connectivity index (χ3n) is 3.93. The maximum atomic E-state index is 13.7. The number of hydrogen-bond acceptors (Lipinski definition) is 3. The smallest absolute Gasteiger partial charge is 0.274 e. The van der Waals surface area contributed by atoms with Gasteiger partial charge in [-0.15, -0.1) is 0 Å². The van der Waals surface area contributed by atoms with Gasteiger partial charge < -0.3 is 5.32 Å². The standard InChI is InChI=1S/C19H18FN3O2/c1-12(2)23-19(25)15-9-5-4-8-14(15)17(22-23)18(24)21-11-13-7-3-6-10-16(13)20/h3-10,12H,11H2,1-2H3,(H,21,24). The van der Waals surface area contributed by atoms with Gasteiger partial charge in [0.15, 0.2) is 5.69 Å². The Kier molecular flexibility index (Phi) is 4.61. The fourth-order valence-corrected chi connectivity index (χ4v) is 2.63. The molecule has 0 spiro atoms. The van der Waals surface area contributed by atoms with Crippen molar-refractivity contribution in [1.29, 1.82) is 0 Å². The van der Waals surface area contributed by atoms with Gasteiger partial charge in [-0.25, -0.2) is 9.07 Å². The van der Waals surface area contributed by atoms with Crippen molar-refractivity contribution in [3.8, 4) is 0 Å². The topological polar surface area (TPSA) is 64.0 Å². The van der Waals surface area contributed by atoms with E-state index in [2.05, 4.69) is 10.4 Å². The summed E-state index contributed by atoms with van der Waals surface area (Å²) in [4.78, 5) is 25.1. The van der Waals surface area contributed by atoms with Crippen LogP contribution in [0.4, 0.5) is 4.39 Å². The summed E-state index contributed by atoms with van der Waals surface area (Å²) in [5, 5.41) is 7.82. The van der Waals surface area contributed by atoms with Crippen molar-refractivity contribution in [2.45, 2.75) is 26.4 Å². The SMILES string of the molecule is CC(C)n1nc(C(=O)NCc2ccccc2F)c2ccccc2c1=O. The van der Waals surface area contributed by atoms with Gasteiger partial charge in [-0.2, -0.15) is 5.10 Å². The molecule has 0 radical (unpaired) electrons.